The molecule has 1 N–H and O–H groups in total. The third-order valence-corrected chi connectivity index (χ3v) is 5.00. The summed E-state index contributed by atoms with van der Waals surface area (Å²) in [6.07, 6.45) is 6.41. The fourth-order valence-electron chi connectivity index (χ4n) is 3.31. The van der Waals surface area contributed by atoms with Crippen molar-refractivity contribution >= 4 is 12.0 Å². The first kappa shape index (κ1) is 15.1. The Hall–Kier alpha value is -1.26. The standard InChI is InChI=1S/C15H26N2O3/c1-2-15(13(18)19)7-11-17(12-8-15)14(20)16-9-5-3-4-6-10-16/h2-12H2,1H3,(H,18,19). The van der Waals surface area contributed by atoms with Gasteiger partial charge in [-0.1, -0.05) is 19.8 Å². The highest BCUT2D eigenvalue weighted by Crippen LogP contribution is 2.35. The van der Waals surface area contributed by atoms with Gasteiger partial charge in [0.2, 0.25) is 0 Å². The summed E-state index contributed by atoms with van der Waals surface area (Å²) in [4.78, 5) is 27.7. The molecule has 2 heterocycles. The van der Waals surface area contributed by atoms with Crippen molar-refractivity contribution in [2.75, 3.05) is 26.2 Å². The number of hydrogen-bond donors (Lipinski definition) is 1. The van der Waals surface area contributed by atoms with Crippen LogP contribution in [0.1, 0.15) is 51.9 Å². The van der Waals surface area contributed by atoms with E-state index >= 15 is 0 Å². The van der Waals surface area contributed by atoms with Crippen molar-refractivity contribution in [1.82, 2.24) is 9.80 Å². The zero-order valence-electron chi connectivity index (χ0n) is 12.4. The number of carboxylic acid groups (broad SMARTS) is 1. The lowest BCUT2D eigenvalue weighted by Gasteiger charge is -2.40. The van der Waals surface area contributed by atoms with Gasteiger partial charge in [-0.05, 0) is 32.1 Å². The van der Waals surface area contributed by atoms with Gasteiger partial charge in [0.05, 0.1) is 5.41 Å². The predicted molar refractivity (Wildman–Crippen MR) is 76.6 cm³/mol. The van der Waals surface area contributed by atoms with Crippen molar-refractivity contribution in [3.05, 3.63) is 0 Å². The van der Waals surface area contributed by atoms with Crippen molar-refractivity contribution < 1.29 is 14.7 Å². The topological polar surface area (TPSA) is 60.9 Å². The lowest BCUT2D eigenvalue weighted by Crippen LogP contribution is -2.50. The van der Waals surface area contributed by atoms with E-state index < -0.39 is 11.4 Å². The van der Waals surface area contributed by atoms with Gasteiger partial charge in [0, 0.05) is 26.2 Å². The van der Waals surface area contributed by atoms with Crippen LogP contribution in [0, 0.1) is 5.41 Å². The summed E-state index contributed by atoms with van der Waals surface area (Å²) in [6.45, 7) is 4.80. The molecule has 2 aliphatic heterocycles. The van der Waals surface area contributed by atoms with E-state index in [1.807, 2.05) is 16.7 Å². The highest BCUT2D eigenvalue weighted by atomic mass is 16.4. The van der Waals surface area contributed by atoms with E-state index in [1.165, 1.54) is 12.8 Å². The second-order valence-corrected chi connectivity index (χ2v) is 6.11. The first-order valence-corrected chi connectivity index (χ1v) is 7.86. The molecular weight excluding hydrogens is 256 g/mol. The first-order chi connectivity index (χ1) is 9.59. The molecule has 0 aliphatic carbocycles. The summed E-state index contributed by atoms with van der Waals surface area (Å²) in [5.74, 6) is -0.707. The normalized spacial score (nSPS) is 23.2. The van der Waals surface area contributed by atoms with E-state index in [9.17, 15) is 14.7 Å². The van der Waals surface area contributed by atoms with Crippen molar-refractivity contribution in [1.29, 1.82) is 0 Å². The van der Waals surface area contributed by atoms with Crippen LogP contribution in [-0.4, -0.2) is 53.1 Å². The number of carbonyl (C=O) groups is 2. The predicted octanol–water partition coefficient (Wildman–Crippen LogP) is 2.56. The Balaban J connectivity index is 1.92. The molecule has 0 unspecified atom stereocenters. The maximum Gasteiger partial charge on any atom is 0.319 e. The number of amides is 2. The molecule has 5 nitrogen and oxygen atoms in total. The maximum absolute atomic E-state index is 12.5. The molecule has 2 rings (SSSR count). The lowest BCUT2D eigenvalue weighted by molar-refractivity contribution is -0.152. The number of aliphatic carboxylic acids is 1. The van der Waals surface area contributed by atoms with Gasteiger partial charge in [0.25, 0.3) is 0 Å². The van der Waals surface area contributed by atoms with Gasteiger partial charge < -0.3 is 14.9 Å². The van der Waals surface area contributed by atoms with Gasteiger partial charge in [-0.2, -0.15) is 0 Å². The molecule has 2 saturated heterocycles. The molecule has 2 fully saturated rings. The number of nitrogens with zero attached hydrogens (tertiary/aromatic N) is 2. The average molecular weight is 282 g/mol. The Bertz CT molecular complexity index is 354. The van der Waals surface area contributed by atoms with Crippen LogP contribution in [0.25, 0.3) is 0 Å². The molecule has 114 valence electrons. The molecule has 2 amide bonds. The minimum atomic E-state index is -0.707. The molecule has 0 saturated carbocycles. The van der Waals surface area contributed by atoms with Gasteiger partial charge in [0.15, 0.2) is 0 Å². The van der Waals surface area contributed by atoms with Crippen LogP contribution in [0.5, 0.6) is 0 Å². The molecule has 0 aromatic rings. The van der Waals surface area contributed by atoms with Crippen molar-refractivity contribution in [3.8, 4) is 0 Å². The van der Waals surface area contributed by atoms with E-state index in [-0.39, 0.29) is 6.03 Å². The van der Waals surface area contributed by atoms with Crippen molar-refractivity contribution in [2.24, 2.45) is 5.41 Å². The fraction of sp³-hybridized carbons (Fsp3) is 0.867. The molecular formula is C15H26N2O3. The van der Waals surface area contributed by atoms with E-state index in [4.69, 9.17) is 0 Å². The van der Waals surface area contributed by atoms with Crippen molar-refractivity contribution in [2.45, 2.75) is 51.9 Å². The molecule has 0 aromatic heterocycles. The van der Waals surface area contributed by atoms with Crippen LogP contribution in [0.4, 0.5) is 4.79 Å². The summed E-state index contributed by atoms with van der Waals surface area (Å²) in [5.41, 5.74) is -0.616. The molecule has 0 spiro atoms. The Morgan fingerprint density at radius 2 is 1.45 bits per heavy atom. The van der Waals surface area contributed by atoms with Crippen LogP contribution in [0.3, 0.4) is 0 Å². The second-order valence-electron chi connectivity index (χ2n) is 6.11. The van der Waals surface area contributed by atoms with Crippen LogP contribution in [-0.2, 0) is 4.79 Å². The summed E-state index contributed by atoms with van der Waals surface area (Å²) in [5, 5.41) is 9.39. The quantitative estimate of drug-likeness (QED) is 0.846. The minimum absolute atomic E-state index is 0.113. The minimum Gasteiger partial charge on any atom is -0.481 e. The molecule has 20 heavy (non-hydrogen) atoms. The van der Waals surface area contributed by atoms with Crippen LogP contribution in [0.15, 0.2) is 0 Å². The maximum atomic E-state index is 12.5. The van der Waals surface area contributed by atoms with Gasteiger partial charge in [-0.25, -0.2) is 4.79 Å². The zero-order valence-corrected chi connectivity index (χ0v) is 12.4. The Kier molecular flexibility index (Phi) is 4.89. The number of carbonyl (C=O) groups excluding carboxylic acids is 1. The summed E-state index contributed by atoms with van der Waals surface area (Å²) < 4.78 is 0. The number of rotatable bonds is 2. The van der Waals surface area contributed by atoms with E-state index in [1.54, 1.807) is 0 Å². The van der Waals surface area contributed by atoms with Gasteiger partial charge in [0.1, 0.15) is 0 Å². The lowest BCUT2D eigenvalue weighted by atomic mass is 9.76. The number of carboxylic acids is 1. The van der Waals surface area contributed by atoms with Crippen LogP contribution >= 0.6 is 0 Å². The average Bonchev–Trinajstić information content (AvgIpc) is 2.75. The van der Waals surface area contributed by atoms with E-state index in [0.717, 1.165) is 25.9 Å². The first-order valence-electron chi connectivity index (χ1n) is 7.86. The number of likely N-dealkylation sites (tertiary alicyclic amines) is 2. The Labute approximate surface area is 120 Å². The molecule has 0 aromatic carbocycles. The van der Waals surface area contributed by atoms with Gasteiger partial charge >= 0.3 is 12.0 Å². The molecule has 2 aliphatic rings. The van der Waals surface area contributed by atoms with E-state index in [2.05, 4.69) is 0 Å². The van der Waals surface area contributed by atoms with Crippen LogP contribution < -0.4 is 0 Å². The highest BCUT2D eigenvalue weighted by molar-refractivity contribution is 5.77. The van der Waals surface area contributed by atoms with Gasteiger partial charge in [-0.15, -0.1) is 0 Å². The fourth-order valence-corrected chi connectivity index (χ4v) is 3.31. The summed E-state index contributed by atoms with van der Waals surface area (Å²) in [7, 11) is 0. The zero-order chi connectivity index (χ0) is 14.6. The number of urea groups is 1. The third kappa shape index (κ3) is 3.07. The smallest absolute Gasteiger partial charge is 0.319 e. The molecule has 5 heteroatoms. The molecule has 0 atom stereocenters. The largest absolute Gasteiger partial charge is 0.481 e. The second kappa shape index (κ2) is 6.46. The monoisotopic (exact) mass is 282 g/mol. The number of piperidine rings is 1. The van der Waals surface area contributed by atoms with Crippen LogP contribution in [0.2, 0.25) is 0 Å². The van der Waals surface area contributed by atoms with Crippen molar-refractivity contribution in [3.63, 3.8) is 0 Å². The van der Waals surface area contributed by atoms with Gasteiger partial charge in [-0.3, -0.25) is 4.79 Å². The van der Waals surface area contributed by atoms with E-state index in [0.29, 0.717) is 32.4 Å². The summed E-state index contributed by atoms with van der Waals surface area (Å²) >= 11 is 0. The highest BCUT2D eigenvalue weighted by Gasteiger charge is 2.41. The number of hydrogen-bond acceptors (Lipinski definition) is 2. The SMILES string of the molecule is CCC1(C(=O)O)CCN(C(=O)N2CCCCCC2)CC1. The third-order valence-electron chi connectivity index (χ3n) is 5.00. The molecule has 0 bridgehead atoms. The summed E-state index contributed by atoms with van der Waals surface area (Å²) in [6, 6.07) is 0.113. The Morgan fingerprint density at radius 3 is 1.90 bits per heavy atom. The molecule has 0 radical (unpaired) electrons. The Morgan fingerprint density at radius 1 is 0.950 bits per heavy atom.